The zero-order valence-electron chi connectivity index (χ0n) is 19.8. The lowest BCUT2D eigenvalue weighted by atomic mass is 10.1. The van der Waals surface area contributed by atoms with Crippen molar-refractivity contribution in [2.75, 3.05) is 6.79 Å². The Balaban J connectivity index is 1.56. The average molecular weight is 475 g/mol. The highest BCUT2D eigenvalue weighted by Gasteiger charge is 2.13. The van der Waals surface area contributed by atoms with Crippen molar-refractivity contribution in [3.05, 3.63) is 101 Å². The van der Waals surface area contributed by atoms with Gasteiger partial charge in [-0.3, -0.25) is 0 Å². The number of ether oxygens (including phenoxy) is 4. The molecular formula is C28H26O7. The minimum atomic E-state index is -0.570. The van der Waals surface area contributed by atoms with Crippen LogP contribution in [-0.2, 0) is 16.0 Å². The molecule has 0 saturated carbocycles. The van der Waals surface area contributed by atoms with Crippen LogP contribution in [0.5, 0.6) is 17.2 Å². The van der Waals surface area contributed by atoms with Crippen molar-refractivity contribution in [1.29, 1.82) is 0 Å². The second-order valence-corrected chi connectivity index (χ2v) is 7.76. The van der Waals surface area contributed by atoms with Crippen molar-refractivity contribution in [3.63, 3.8) is 0 Å². The highest BCUT2D eigenvalue weighted by Crippen LogP contribution is 2.22. The maximum atomic E-state index is 12.5. The summed E-state index contributed by atoms with van der Waals surface area (Å²) in [6.07, 6.45) is 0.902. The Morgan fingerprint density at radius 2 is 1.34 bits per heavy atom. The van der Waals surface area contributed by atoms with E-state index in [4.69, 9.17) is 18.9 Å². The van der Waals surface area contributed by atoms with Gasteiger partial charge in [0.25, 0.3) is 0 Å². The molecule has 3 aromatic carbocycles. The summed E-state index contributed by atoms with van der Waals surface area (Å²) in [6.45, 7) is 8.57. The molecule has 0 bridgehead atoms. The number of hydrogen-bond donors (Lipinski definition) is 0. The molecule has 0 aliphatic heterocycles. The number of carbonyl (C=O) groups is 3. The Labute approximate surface area is 203 Å². The number of aryl methyl sites for hydroxylation is 2. The fourth-order valence-electron chi connectivity index (χ4n) is 2.99. The number of esters is 3. The fourth-order valence-corrected chi connectivity index (χ4v) is 2.99. The van der Waals surface area contributed by atoms with Gasteiger partial charge in [-0.1, -0.05) is 25.6 Å². The maximum Gasteiger partial charge on any atom is 0.343 e. The fraction of sp³-hybridized carbons (Fsp3) is 0.179. The smallest absolute Gasteiger partial charge is 0.343 e. The molecular weight excluding hydrogens is 448 g/mol. The van der Waals surface area contributed by atoms with Gasteiger partial charge in [0.05, 0.1) is 11.1 Å². The summed E-state index contributed by atoms with van der Waals surface area (Å²) in [5, 5.41) is 0. The molecule has 180 valence electrons. The minimum Gasteiger partial charge on any atom is -0.457 e. The number of hydrogen-bond acceptors (Lipinski definition) is 7. The van der Waals surface area contributed by atoms with Gasteiger partial charge in [-0.15, -0.1) is 0 Å². The van der Waals surface area contributed by atoms with E-state index in [1.165, 1.54) is 24.3 Å². The number of rotatable bonds is 9. The highest BCUT2D eigenvalue weighted by molar-refractivity contribution is 5.93. The molecule has 3 aromatic rings. The minimum absolute atomic E-state index is 0.269. The maximum absolute atomic E-state index is 12.5. The van der Waals surface area contributed by atoms with Gasteiger partial charge in [0.15, 0.2) is 0 Å². The summed E-state index contributed by atoms with van der Waals surface area (Å²) in [5.74, 6) is -0.425. The third kappa shape index (κ3) is 7.04. The van der Waals surface area contributed by atoms with E-state index in [-0.39, 0.29) is 18.1 Å². The molecule has 7 nitrogen and oxygen atoms in total. The normalized spacial score (nSPS) is 10.3. The quantitative estimate of drug-likeness (QED) is 0.176. The Bertz CT molecular complexity index is 1230. The Morgan fingerprint density at radius 3 is 1.89 bits per heavy atom. The number of carbonyl (C=O) groups excluding carboxylic acids is 3. The third-order valence-electron chi connectivity index (χ3n) is 5.01. The van der Waals surface area contributed by atoms with Crippen molar-refractivity contribution in [3.8, 4) is 17.2 Å². The van der Waals surface area contributed by atoms with Gasteiger partial charge in [0, 0.05) is 5.57 Å². The first-order valence-corrected chi connectivity index (χ1v) is 11.0. The highest BCUT2D eigenvalue weighted by atomic mass is 16.7. The van der Waals surface area contributed by atoms with Gasteiger partial charge in [-0.05, 0) is 86.0 Å². The molecule has 0 saturated heterocycles. The van der Waals surface area contributed by atoms with Gasteiger partial charge < -0.3 is 18.9 Å². The van der Waals surface area contributed by atoms with E-state index < -0.39 is 17.9 Å². The third-order valence-corrected chi connectivity index (χ3v) is 5.01. The summed E-state index contributed by atoms with van der Waals surface area (Å²) in [7, 11) is 0. The van der Waals surface area contributed by atoms with Gasteiger partial charge in [0.2, 0.25) is 6.79 Å². The van der Waals surface area contributed by atoms with Crippen LogP contribution in [0.4, 0.5) is 0 Å². The molecule has 0 aromatic heterocycles. The molecule has 35 heavy (non-hydrogen) atoms. The number of benzene rings is 3. The van der Waals surface area contributed by atoms with E-state index >= 15 is 0 Å². The summed E-state index contributed by atoms with van der Waals surface area (Å²) in [4.78, 5) is 36.3. The molecule has 3 rings (SSSR count). The predicted octanol–water partition coefficient (Wildman–Crippen LogP) is 5.45. The lowest BCUT2D eigenvalue weighted by Crippen LogP contribution is -2.12. The van der Waals surface area contributed by atoms with Crippen LogP contribution in [-0.4, -0.2) is 24.7 Å². The van der Waals surface area contributed by atoms with Crippen LogP contribution in [0.2, 0.25) is 0 Å². The summed E-state index contributed by atoms with van der Waals surface area (Å²) in [5.41, 5.74) is 2.73. The first-order chi connectivity index (χ1) is 16.8. The van der Waals surface area contributed by atoms with Crippen molar-refractivity contribution in [1.82, 2.24) is 0 Å². The first kappa shape index (κ1) is 25.2. The molecule has 0 fully saturated rings. The average Bonchev–Trinajstić information content (AvgIpc) is 2.85. The van der Waals surface area contributed by atoms with Crippen LogP contribution >= 0.6 is 0 Å². The molecule has 0 atom stereocenters. The van der Waals surface area contributed by atoms with Crippen molar-refractivity contribution < 1.29 is 33.3 Å². The second-order valence-electron chi connectivity index (χ2n) is 7.76. The molecule has 0 radical (unpaired) electrons. The zero-order valence-corrected chi connectivity index (χ0v) is 19.8. The Hall–Kier alpha value is -4.39. The molecule has 0 spiro atoms. The Morgan fingerprint density at radius 1 is 0.800 bits per heavy atom. The van der Waals surface area contributed by atoms with Crippen LogP contribution in [0.1, 0.15) is 45.7 Å². The molecule has 7 heteroatoms. The van der Waals surface area contributed by atoms with E-state index in [1.807, 2.05) is 19.1 Å². The van der Waals surface area contributed by atoms with Crippen LogP contribution in [0, 0.1) is 6.92 Å². The molecule has 0 amide bonds. The molecule has 0 N–H and O–H groups in total. The van der Waals surface area contributed by atoms with E-state index in [0.29, 0.717) is 28.2 Å². The SMILES string of the molecule is C=C(C)C(=O)OCOc1ccc(C(=O)Oc2ccc(C(=O)Oc3ccc(CC)cc3)cc2)cc1C. The van der Waals surface area contributed by atoms with Crippen molar-refractivity contribution >= 4 is 17.9 Å². The van der Waals surface area contributed by atoms with Gasteiger partial charge in [-0.25, -0.2) is 14.4 Å². The zero-order chi connectivity index (χ0) is 25.4. The predicted molar refractivity (Wildman–Crippen MR) is 130 cm³/mol. The van der Waals surface area contributed by atoms with Crippen LogP contribution in [0.3, 0.4) is 0 Å². The first-order valence-electron chi connectivity index (χ1n) is 11.0. The lowest BCUT2D eigenvalue weighted by Gasteiger charge is -2.11. The Kier molecular flexibility index (Phi) is 8.40. The lowest BCUT2D eigenvalue weighted by molar-refractivity contribution is -0.145. The molecule has 0 unspecified atom stereocenters. The molecule has 0 aliphatic carbocycles. The van der Waals surface area contributed by atoms with E-state index in [0.717, 1.165) is 12.0 Å². The molecule has 0 heterocycles. The van der Waals surface area contributed by atoms with Crippen LogP contribution in [0.15, 0.2) is 78.9 Å². The summed E-state index contributed by atoms with van der Waals surface area (Å²) >= 11 is 0. The topological polar surface area (TPSA) is 88.1 Å². The summed E-state index contributed by atoms with van der Waals surface area (Å²) < 4.78 is 21.1. The van der Waals surface area contributed by atoms with Gasteiger partial charge in [-0.2, -0.15) is 0 Å². The van der Waals surface area contributed by atoms with Crippen molar-refractivity contribution in [2.45, 2.75) is 27.2 Å². The van der Waals surface area contributed by atoms with E-state index in [1.54, 1.807) is 44.2 Å². The van der Waals surface area contributed by atoms with Gasteiger partial charge in [0.1, 0.15) is 17.2 Å². The van der Waals surface area contributed by atoms with E-state index in [2.05, 4.69) is 6.58 Å². The standard InChI is InChI=1S/C28H26O7/c1-5-20-6-11-23(12-7-20)34-27(30)21-8-13-24(14-9-21)35-28(31)22-10-15-25(19(4)16-22)32-17-33-26(29)18(2)3/h6-16H,2,5,17H2,1,3-4H3. The van der Waals surface area contributed by atoms with E-state index in [9.17, 15) is 14.4 Å². The van der Waals surface area contributed by atoms with Crippen LogP contribution < -0.4 is 14.2 Å². The molecule has 0 aliphatic rings. The van der Waals surface area contributed by atoms with Gasteiger partial charge >= 0.3 is 17.9 Å². The second kappa shape index (κ2) is 11.7. The summed E-state index contributed by atoms with van der Waals surface area (Å²) in [6, 6.07) is 18.2. The largest absolute Gasteiger partial charge is 0.457 e. The van der Waals surface area contributed by atoms with Crippen LogP contribution in [0.25, 0.3) is 0 Å². The monoisotopic (exact) mass is 474 g/mol. The van der Waals surface area contributed by atoms with Crippen molar-refractivity contribution in [2.24, 2.45) is 0 Å².